The van der Waals surface area contributed by atoms with Gasteiger partial charge in [0.25, 0.3) is 0 Å². The maximum Gasteiger partial charge on any atom is 0.0981 e. The monoisotopic (exact) mass is 213 g/mol. The van der Waals surface area contributed by atoms with Crippen molar-refractivity contribution < 1.29 is 4.42 Å². The molecule has 2 nitrogen and oxygen atoms in total. The predicted octanol–water partition coefficient (Wildman–Crippen LogP) is 3.15. The second-order valence-corrected chi connectivity index (χ2v) is 4.32. The average molecular weight is 213 g/mol. The molecule has 0 saturated heterocycles. The van der Waals surface area contributed by atoms with Crippen molar-refractivity contribution in [3.05, 3.63) is 47.9 Å². The Bertz CT molecular complexity index is 487. The van der Waals surface area contributed by atoms with E-state index in [0.29, 0.717) is 6.04 Å². The van der Waals surface area contributed by atoms with Gasteiger partial charge in [0.1, 0.15) is 0 Å². The van der Waals surface area contributed by atoms with Gasteiger partial charge in [0.05, 0.1) is 12.5 Å². The number of benzene rings is 1. The second kappa shape index (κ2) is 3.80. The van der Waals surface area contributed by atoms with Crippen molar-refractivity contribution in [2.75, 3.05) is 6.54 Å². The van der Waals surface area contributed by atoms with Gasteiger partial charge in [-0.2, -0.15) is 0 Å². The zero-order chi connectivity index (χ0) is 11.0. The average Bonchev–Trinajstić information content (AvgIpc) is 2.82. The molecule has 0 aliphatic carbocycles. The molecule has 1 aromatic carbocycles. The lowest BCUT2D eigenvalue weighted by molar-refractivity contribution is 0.542. The second-order valence-electron chi connectivity index (χ2n) is 4.32. The zero-order valence-corrected chi connectivity index (χ0v) is 9.36. The van der Waals surface area contributed by atoms with Crippen LogP contribution >= 0.6 is 0 Å². The van der Waals surface area contributed by atoms with Crippen molar-refractivity contribution in [2.45, 2.75) is 19.4 Å². The molecule has 82 valence electrons. The van der Waals surface area contributed by atoms with Gasteiger partial charge in [-0.1, -0.05) is 18.2 Å². The first-order valence-corrected chi connectivity index (χ1v) is 5.74. The molecule has 1 unspecified atom stereocenters. The topological polar surface area (TPSA) is 25.2 Å². The summed E-state index contributed by atoms with van der Waals surface area (Å²) in [5.74, 6) is 0. The van der Waals surface area contributed by atoms with Crippen LogP contribution in [0.4, 0.5) is 0 Å². The van der Waals surface area contributed by atoms with Crippen LogP contribution in [0.2, 0.25) is 0 Å². The minimum absolute atomic E-state index is 0.426. The Kier molecular flexibility index (Phi) is 2.29. The molecule has 0 fully saturated rings. The molecule has 1 aromatic heterocycles. The zero-order valence-electron chi connectivity index (χ0n) is 9.36. The number of hydrogen-bond donors (Lipinski definition) is 1. The third-order valence-corrected chi connectivity index (χ3v) is 3.31. The van der Waals surface area contributed by atoms with Crippen LogP contribution in [0.5, 0.6) is 0 Å². The minimum atomic E-state index is 0.426. The van der Waals surface area contributed by atoms with Crippen LogP contribution in [0, 0.1) is 0 Å². The van der Waals surface area contributed by atoms with E-state index >= 15 is 0 Å². The summed E-state index contributed by atoms with van der Waals surface area (Å²) in [5.41, 5.74) is 5.36. The standard InChI is InChI=1S/C14H15NO/c1-10-14-11(5-7-15-10)3-2-4-13(14)12-6-8-16-9-12/h2-4,6,8-10,15H,5,7H2,1H3. The Morgan fingerprint density at radius 1 is 1.31 bits per heavy atom. The molecule has 0 spiro atoms. The highest BCUT2D eigenvalue weighted by Crippen LogP contribution is 2.33. The van der Waals surface area contributed by atoms with Crippen LogP contribution in [-0.2, 0) is 6.42 Å². The van der Waals surface area contributed by atoms with Crippen LogP contribution in [0.25, 0.3) is 11.1 Å². The van der Waals surface area contributed by atoms with E-state index in [1.165, 1.54) is 22.3 Å². The van der Waals surface area contributed by atoms with Crippen LogP contribution in [-0.4, -0.2) is 6.54 Å². The maximum absolute atomic E-state index is 5.17. The molecular formula is C14H15NO. The fraction of sp³-hybridized carbons (Fsp3) is 0.286. The SMILES string of the molecule is CC1NCCc2cccc(-c3ccoc3)c21. The van der Waals surface area contributed by atoms with Crippen LogP contribution < -0.4 is 5.32 Å². The molecule has 1 aliphatic heterocycles. The van der Waals surface area contributed by atoms with Gasteiger partial charge in [0.15, 0.2) is 0 Å². The molecule has 2 heteroatoms. The van der Waals surface area contributed by atoms with Gasteiger partial charge in [-0.3, -0.25) is 0 Å². The third-order valence-electron chi connectivity index (χ3n) is 3.31. The first kappa shape index (κ1) is 9.67. The lowest BCUT2D eigenvalue weighted by Gasteiger charge is -2.26. The van der Waals surface area contributed by atoms with Gasteiger partial charge in [-0.15, -0.1) is 0 Å². The van der Waals surface area contributed by atoms with E-state index in [1.54, 1.807) is 6.26 Å². The van der Waals surface area contributed by atoms with Gasteiger partial charge in [-0.25, -0.2) is 0 Å². The van der Waals surface area contributed by atoms with E-state index in [1.807, 2.05) is 12.3 Å². The first-order chi connectivity index (χ1) is 7.86. The van der Waals surface area contributed by atoms with Gasteiger partial charge in [0.2, 0.25) is 0 Å². The van der Waals surface area contributed by atoms with Crippen molar-refractivity contribution in [1.29, 1.82) is 0 Å². The largest absolute Gasteiger partial charge is 0.472 e. The third kappa shape index (κ3) is 1.46. The normalized spacial score (nSPS) is 19.4. The fourth-order valence-electron chi connectivity index (χ4n) is 2.54. The van der Waals surface area contributed by atoms with Crippen molar-refractivity contribution in [3.63, 3.8) is 0 Å². The number of furan rings is 1. The summed E-state index contributed by atoms with van der Waals surface area (Å²) in [4.78, 5) is 0. The number of nitrogens with one attached hydrogen (secondary N) is 1. The van der Waals surface area contributed by atoms with Crippen molar-refractivity contribution in [3.8, 4) is 11.1 Å². The van der Waals surface area contributed by atoms with E-state index < -0.39 is 0 Å². The summed E-state index contributed by atoms with van der Waals surface area (Å²) in [5, 5.41) is 3.51. The molecule has 0 saturated carbocycles. The fourth-order valence-corrected chi connectivity index (χ4v) is 2.54. The van der Waals surface area contributed by atoms with Crippen LogP contribution in [0.3, 0.4) is 0 Å². The number of rotatable bonds is 1. The Morgan fingerprint density at radius 3 is 3.06 bits per heavy atom. The molecule has 2 aromatic rings. The lowest BCUT2D eigenvalue weighted by Crippen LogP contribution is -2.28. The highest BCUT2D eigenvalue weighted by atomic mass is 16.3. The molecule has 16 heavy (non-hydrogen) atoms. The summed E-state index contributed by atoms with van der Waals surface area (Å²) >= 11 is 0. The van der Waals surface area contributed by atoms with Gasteiger partial charge in [-0.05, 0) is 42.6 Å². The van der Waals surface area contributed by atoms with E-state index in [4.69, 9.17) is 4.42 Å². The van der Waals surface area contributed by atoms with E-state index in [0.717, 1.165) is 13.0 Å². The molecule has 1 N–H and O–H groups in total. The molecule has 0 amide bonds. The van der Waals surface area contributed by atoms with Gasteiger partial charge < -0.3 is 9.73 Å². The Labute approximate surface area is 95.3 Å². The highest BCUT2D eigenvalue weighted by molar-refractivity contribution is 5.68. The molecule has 2 heterocycles. The summed E-state index contributed by atoms with van der Waals surface area (Å²) in [6.45, 7) is 3.30. The molecule has 1 atom stereocenters. The van der Waals surface area contributed by atoms with Crippen molar-refractivity contribution in [1.82, 2.24) is 5.32 Å². The van der Waals surface area contributed by atoms with E-state index in [9.17, 15) is 0 Å². The van der Waals surface area contributed by atoms with Crippen molar-refractivity contribution >= 4 is 0 Å². The molecular weight excluding hydrogens is 198 g/mol. The highest BCUT2D eigenvalue weighted by Gasteiger charge is 2.19. The quantitative estimate of drug-likeness (QED) is 0.787. The summed E-state index contributed by atoms with van der Waals surface area (Å²) < 4.78 is 5.17. The van der Waals surface area contributed by atoms with Gasteiger partial charge in [0, 0.05) is 11.6 Å². The molecule has 0 radical (unpaired) electrons. The summed E-state index contributed by atoms with van der Waals surface area (Å²) in [7, 11) is 0. The van der Waals surface area contributed by atoms with Gasteiger partial charge >= 0.3 is 0 Å². The minimum Gasteiger partial charge on any atom is -0.472 e. The first-order valence-electron chi connectivity index (χ1n) is 5.74. The summed E-state index contributed by atoms with van der Waals surface area (Å²) in [6, 6.07) is 8.99. The number of hydrogen-bond acceptors (Lipinski definition) is 2. The lowest BCUT2D eigenvalue weighted by atomic mass is 9.88. The Hall–Kier alpha value is -1.54. The van der Waals surface area contributed by atoms with Crippen LogP contribution in [0.1, 0.15) is 24.1 Å². The number of fused-ring (bicyclic) bond motifs is 1. The molecule has 1 aliphatic rings. The van der Waals surface area contributed by atoms with E-state index in [-0.39, 0.29) is 0 Å². The smallest absolute Gasteiger partial charge is 0.0981 e. The maximum atomic E-state index is 5.17. The predicted molar refractivity (Wildman–Crippen MR) is 64.3 cm³/mol. The van der Waals surface area contributed by atoms with E-state index in [2.05, 4.69) is 30.4 Å². The Morgan fingerprint density at radius 2 is 2.25 bits per heavy atom. The molecule has 3 rings (SSSR count). The summed E-state index contributed by atoms with van der Waals surface area (Å²) in [6.07, 6.45) is 4.66. The van der Waals surface area contributed by atoms with Crippen LogP contribution in [0.15, 0.2) is 41.2 Å². The molecule has 0 bridgehead atoms. The Balaban J connectivity index is 2.19. The van der Waals surface area contributed by atoms with Crippen molar-refractivity contribution in [2.24, 2.45) is 0 Å².